The van der Waals surface area contributed by atoms with Crippen LogP contribution in [0, 0.1) is 11.8 Å². The fourth-order valence-corrected chi connectivity index (χ4v) is 3.17. The molecule has 0 saturated heterocycles. The highest BCUT2D eigenvalue weighted by atomic mass is 16.5. The minimum Gasteiger partial charge on any atom is -0.486 e. The molecule has 0 fully saturated rings. The molecule has 0 spiro atoms. The number of para-hydroxylation sites is 1. The van der Waals surface area contributed by atoms with Crippen LogP contribution in [0.25, 0.3) is 0 Å². The summed E-state index contributed by atoms with van der Waals surface area (Å²) in [6, 6.07) is 8.80. The van der Waals surface area contributed by atoms with E-state index in [0.717, 1.165) is 12.2 Å². The summed E-state index contributed by atoms with van der Waals surface area (Å²) >= 11 is 0. The highest BCUT2D eigenvalue weighted by Gasteiger charge is 2.45. The third-order valence-corrected chi connectivity index (χ3v) is 4.42. The Hall–Kier alpha value is -1.02. The van der Waals surface area contributed by atoms with Crippen LogP contribution >= 0.6 is 0 Å². The molecule has 2 heteroatoms. The lowest BCUT2D eigenvalue weighted by Gasteiger charge is -2.47. The van der Waals surface area contributed by atoms with Gasteiger partial charge in [-0.3, -0.25) is 0 Å². The standard InChI is InChI=1S/C16H25NO/c1-11(2)16(12(3)4)10-14(17-5)13-8-6-7-9-15(13)18-16/h6-9,11-12,14,17H,10H2,1-5H3. The Balaban J connectivity index is 2.46. The molecule has 18 heavy (non-hydrogen) atoms. The number of rotatable bonds is 3. The van der Waals surface area contributed by atoms with Crippen LogP contribution in [-0.2, 0) is 0 Å². The van der Waals surface area contributed by atoms with Crippen molar-refractivity contribution in [3.63, 3.8) is 0 Å². The Morgan fingerprint density at radius 1 is 1.17 bits per heavy atom. The summed E-state index contributed by atoms with van der Waals surface area (Å²) in [7, 11) is 2.04. The van der Waals surface area contributed by atoms with Crippen molar-refractivity contribution in [2.75, 3.05) is 7.05 Å². The van der Waals surface area contributed by atoms with Crippen LogP contribution in [0.5, 0.6) is 5.75 Å². The number of nitrogens with one attached hydrogen (secondary N) is 1. The molecule has 1 unspecified atom stereocenters. The molecule has 1 aromatic carbocycles. The highest BCUT2D eigenvalue weighted by Crippen LogP contribution is 2.46. The molecule has 0 radical (unpaired) electrons. The Morgan fingerprint density at radius 2 is 1.78 bits per heavy atom. The summed E-state index contributed by atoms with van der Waals surface area (Å²) in [6.07, 6.45) is 1.04. The Morgan fingerprint density at radius 3 is 2.33 bits per heavy atom. The van der Waals surface area contributed by atoms with Crippen molar-refractivity contribution >= 4 is 0 Å². The van der Waals surface area contributed by atoms with E-state index < -0.39 is 0 Å². The Labute approximate surface area is 111 Å². The van der Waals surface area contributed by atoms with Crippen molar-refractivity contribution < 1.29 is 4.74 Å². The van der Waals surface area contributed by atoms with E-state index in [1.165, 1.54) is 5.56 Å². The van der Waals surface area contributed by atoms with E-state index in [1.54, 1.807) is 0 Å². The molecule has 2 nitrogen and oxygen atoms in total. The molecule has 0 amide bonds. The predicted octanol–water partition coefficient (Wildman–Crippen LogP) is 3.78. The summed E-state index contributed by atoms with van der Waals surface area (Å²) in [6.45, 7) is 9.06. The lowest BCUT2D eigenvalue weighted by Crippen LogP contribution is -2.51. The smallest absolute Gasteiger partial charge is 0.124 e. The molecule has 1 aliphatic rings. The number of fused-ring (bicyclic) bond motifs is 1. The van der Waals surface area contributed by atoms with Crippen LogP contribution in [0.3, 0.4) is 0 Å². The predicted molar refractivity (Wildman–Crippen MR) is 75.9 cm³/mol. The molecular formula is C16H25NO. The van der Waals surface area contributed by atoms with Crippen LogP contribution in [0.2, 0.25) is 0 Å². The van der Waals surface area contributed by atoms with Crippen LogP contribution in [0.4, 0.5) is 0 Å². The minimum atomic E-state index is -0.0674. The molecule has 2 rings (SSSR count). The second-order valence-corrected chi connectivity index (χ2v) is 5.95. The SMILES string of the molecule is CNC1CC(C(C)C)(C(C)C)Oc2ccccc21. The maximum Gasteiger partial charge on any atom is 0.124 e. The van der Waals surface area contributed by atoms with E-state index in [-0.39, 0.29) is 5.60 Å². The van der Waals surface area contributed by atoms with E-state index in [1.807, 2.05) is 7.05 Å². The summed E-state index contributed by atoms with van der Waals surface area (Å²) in [5, 5.41) is 3.44. The van der Waals surface area contributed by atoms with Gasteiger partial charge < -0.3 is 10.1 Å². The number of ether oxygens (including phenoxy) is 1. The number of hydrogen-bond donors (Lipinski definition) is 1. The van der Waals surface area contributed by atoms with Crippen LogP contribution in [0.1, 0.15) is 45.7 Å². The van der Waals surface area contributed by atoms with E-state index in [4.69, 9.17) is 4.74 Å². The summed E-state index contributed by atoms with van der Waals surface area (Å²) in [4.78, 5) is 0. The van der Waals surface area contributed by atoms with Crippen molar-refractivity contribution in [3.05, 3.63) is 29.8 Å². The normalized spacial score (nSPS) is 21.8. The zero-order valence-corrected chi connectivity index (χ0v) is 12.2. The maximum absolute atomic E-state index is 6.43. The van der Waals surface area contributed by atoms with Crippen molar-refractivity contribution in [2.45, 2.75) is 45.8 Å². The van der Waals surface area contributed by atoms with Crippen molar-refractivity contribution in [1.82, 2.24) is 5.32 Å². The topological polar surface area (TPSA) is 21.3 Å². The quantitative estimate of drug-likeness (QED) is 0.877. The van der Waals surface area contributed by atoms with Crippen molar-refractivity contribution in [3.8, 4) is 5.75 Å². The monoisotopic (exact) mass is 247 g/mol. The first-order valence-corrected chi connectivity index (χ1v) is 6.96. The molecule has 1 aromatic rings. The van der Waals surface area contributed by atoms with Crippen LogP contribution in [-0.4, -0.2) is 12.6 Å². The van der Waals surface area contributed by atoms with Gasteiger partial charge in [-0.05, 0) is 24.9 Å². The molecule has 0 aromatic heterocycles. The van der Waals surface area contributed by atoms with E-state index in [0.29, 0.717) is 17.9 Å². The van der Waals surface area contributed by atoms with Crippen molar-refractivity contribution in [1.29, 1.82) is 0 Å². The van der Waals surface area contributed by atoms with E-state index in [9.17, 15) is 0 Å². The lowest BCUT2D eigenvalue weighted by molar-refractivity contribution is -0.0491. The second-order valence-electron chi connectivity index (χ2n) is 5.95. The van der Waals surface area contributed by atoms with Gasteiger partial charge in [0.25, 0.3) is 0 Å². The van der Waals surface area contributed by atoms with Crippen LogP contribution in [0.15, 0.2) is 24.3 Å². The molecule has 1 heterocycles. The average Bonchev–Trinajstić information content (AvgIpc) is 2.36. The zero-order valence-electron chi connectivity index (χ0n) is 12.2. The lowest BCUT2D eigenvalue weighted by atomic mass is 9.73. The Kier molecular flexibility index (Phi) is 3.67. The van der Waals surface area contributed by atoms with Gasteiger partial charge in [0.15, 0.2) is 0 Å². The van der Waals surface area contributed by atoms with Gasteiger partial charge in [-0.2, -0.15) is 0 Å². The Bertz CT molecular complexity index is 403. The molecule has 100 valence electrons. The molecular weight excluding hydrogens is 222 g/mol. The fourth-order valence-electron chi connectivity index (χ4n) is 3.17. The van der Waals surface area contributed by atoms with Gasteiger partial charge in [0, 0.05) is 18.0 Å². The molecule has 1 N–H and O–H groups in total. The first kappa shape index (κ1) is 13.4. The largest absolute Gasteiger partial charge is 0.486 e. The second kappa shape index (κ2) is 4.93. The summed E-state index contributed by atoms with van der Waals surface area (Å²) in [5.41, 5.74) is 1.22. The summed E-state index contributed by atoms with van der Waals surface area (Å²) in [5.74, 6) is 2.05. The third-order valence-electron chi connectivity index (χ3n) is 4.42. The van der Waals surface area contributed by atoms with Gasteiger partial charge in [-0.25, -0.2) is 0 Å². The first-order chi connectivity index (χ1) is 8.51. The van der Waals surface area contributed by atoms with Crippen LogP contribution < -0.4 is 10.1 Å². The zero-order chi connectivity index (χ0) is 13.3. The fraction of sp³-hybridized carbons (Fsp3) is 0.625. The number of benzene rings is 1. The van der Waals surface area contributed by atoms with Gasteiger partial charge in [0.1, 0.15) is 11.4 Å². The van der Waals surface area contributed by atoms with E-state index >= 15 is 0 Å². The van der Waals surface area contributed by atoms with Gasteiger partial charge in [-0.15, -0.1) is 0 Å². The maximum atomic E-state index is 6.43. The summed E-state index contributed by atoms with van der Waals surface area (Å²) < 4.78 is 6.43. The first-order valence-electron chi connectivity index (χ1n) is 6.96. The number of hydrogen-bond acceptors (Lipinski definition) is 2. The molecule has 0 saturated carbocycles. The average molecular weight is 247 g/mol. The molecule has 0 bridgehead atoms. The van der Waals surface area contributed by atoms with E-state index in [2.05, 4.69) is 57.3 Å². The van der Waals surface area contributed by atoms with Gasteiger partial charge >= 0.3 is 0 Å². The minimum absolute atomic E-state index is 0.0674. The molecule has 1 aliphatic heterocycles. The van der Waals surface area contributed by atoms with Gasteiger partial charge in [-0.1, -0.05) is 45.9 Å². The third kappa shape index (κ3) is 2.03. The van der Waals surface area contributed by atoms with Gasteiger partial charge in [0.05, 0.1) is 0 Å². The molecule has 0 aliphatic carbocycles. The highest BCUT2D eigenvalue weighted by molar-refractivity contribution is 5.39. The van der Waals surface area contributed by atoms with Gasteiger partial charge in [0.2, 0.25) is 0 Å². The van der Waals surface area contributed by atoms with Crippen molar-refractivity contribution in [2.24, 2.45) is 11.8 Å². The molecule has 1 atom stereocenters.